The van der Waals surface area contributed by atoms with Gasteiger partial charge in [0.2, 0.25) is 0 Å². The molecule has 326 valence electrons. The first-order chi connectivity index (χ1) is 31.4. The number of rotatable bonds is 8. The van der Waals surface area contributed by atoms with Crippen LogP contribution in [0.2, 0.25) is 0 Å². The van der Waals surface area contributed by atoms with Gasteiger partial charge in [-0.25, -0.2) is 0 Å². The monoisotopic (exact) mass is 1030 g/mol. The fourth-order valence-electron chi connectivity index (χ4n) is 9.25. The Bertz CT molecular complexity index is 3190. The van der Waals surface area contributed by atoms with Crippen molar-refractivity contribution in [1.29, 1.82) is 0 Å². The second kappa shape index (κ2) is 17.1. The number of fused-ring (bicyclic) bond motifs is 2. The summed E-state index contributed by atoms with van der Waals surface area (Å²) in [6, 6.07) is 63.3. The fraction of sp³-hybridized carbons (Fsp3) is 0.186. The number of benzene rings is 7. The zero-order valence-corrected chi connectivity index (χ0v) is 40.2. The summed E-state index contributed by atoms with van der Waals surface area (Å²) in [6.45, 7) is 14.6. The number of ether oxygens (including phenoxy) is 1. The number of aromatic nitrogens is 3. The van der Waals surface area contributed by atoms with Crippen LogP contribution in [0.3, 0.4) is 0 Å². The first kappa shape index (κ1) is 42.4. The van der Waals surface area contributed by atoms with Crippen molar-refractivity contribution in [3.63, 3.8) is 0 Å². The molecule has 3 heterocycles. The molecule has 9 aromatic rings. The third-order valence-electron chi connectivity index (χ3n) is 12.7. The Morgan fingerprint density at radius 1 is 0.523 bits per heavy atom. The van der Waals surface area contributed by atoms with Crippen LogP contribution in [0, 0.1) is 3.80 Å². The van der Waals surface area contributed by atoms with Gasteiger partial charge in [0.1, 0.15) is 0 Å². The molecule has 6 heteroatoms. The van der Waals surface area contributed by atoms with Gasteiger partial charge in [-0.15, -0.1) is 0 Å². The molecule has 0 saturated carbocycles. The van der Waals surface area contributed by atoms with Gasteiger partial charge in [-0.1, -0.05) is 26.8 Å². The zero-order chi connectivity index (χ0) is 44.9. The zero-order valence-electron chi connectivity index (χ0n) is 38.0. The maximum absolute atomic E-state index is 7.00. The second-order valence-corrected chi connectivity index (χ2v) is 20.2. The van der Waals surface area contributed by atoms with Crippen molar-refractivity contribution in [2.24, 2.45) is 0 Å². The molecule has 7 aromatic carbocycles. The molecular weight excluding hydrogens is 976 g/mol. The van der Waals surface area contributed by atoms with Crippen LogP contribution >= 0.6 is 0 Å². The van der Waals surface area contributed by atoms with Crippen LogP contribution in [-0.4, -0.2) is 20.7 Å². The van der Waals surface area contributed by atoms with Crippen LogP contribution in [-0.2, 0) is 36.6 Å². The topological polar surface area (TPSA) is 35.2 Å². The van der Waals surface area contributed by atoms with E-state index >= 15 is 0 Å². The van der Waals surface area contributed by atoms with Crippen molar-refractivity contribution in [3.8, 4) is 56.3 Å². The number of pyridine rings is 1. The predicted molar refractivity (Wildman–Crippen MR) is 266 cm³/mol. The van der Waals surface area contributed by atoms with Gasteiger partial charge in [0.15, 0.2) is 0 Å². The van der Waals surface area contributed by atoms with Crippen molar-refractivity contribution < 1.29 is 24.1 Å². The van der Waals surface area contributed by atoms with Gasteiger partial charge in [-0.2, -0.15) is 0 Å². The Hall–Kier alpha value is -6.55. The molecule has 1 aliphatic rings. The molecule has 2 aromatic heterocycles. The number of anilines is 2. The second-order valence-electron chi connectivity index (χ2n) is 19.1. The van der Waals surface area contributed by atoms with E-state index in [9.17, 15) is 0 Å². The van der Waals surface area contributed by atoms with Crippen LogP contribution in [0.5, 0.6) is 11.5 Å². The Balaban J connectivity index is 1.13. The molecule has 65 heavy (non-hydrogen) atoms. The summed E-state index contributed by atoms with van der Waals surface area (Å²) >= 11 is 2.53. The average molecular weight is 1030 g/mol. The van der Waals surface area contributed by atoms with Gasteiger partial charge in [0, 0.05) is 6.20 Å². The van der Waals surface area contributed by atoms with Crippen molar-refractivity contribution in [2.45, 2.75) is 65.2 Å². The van der Waals surface area contributed by atoms with Gasteiger partial charge in [0.05, 0.1) is 0 Å². The minimum atomic E-state index is -0.0651. The molecule has 0 aliphatic carbocycles. The molecule has 0 saturated heterocycles. The summed E-state index contributed by atoms with van der Waals surface area (Å²) in [4.78, 5) is 7.32. The molecule has 5 nitrogen and oxygen atoms in total. The molecule has 0 atom stereocenters. The molecule has 10 rings (SSSR count). The van der Waals surface area contributed by atoms with E-state index in [-0.39, 0.29) is 10.8 Å². The van der Waals surface area contributed by atoms with E-state index in [2.05, 4.69) is 251 Å². The Morgan fingerprint density at radius 2 is 1.09 bits per heavy atom. The van der Waals surface area contributed by atoms with Crippen LogP contribution in [0.15, 0.2) is 182 Å². The SMILES string of the molecule is CC(C)(C)c1ccnc(N2CCCc3c(-c4ccccc4)cc(Oc4cccc(-n5[c](=[Pt])n(-c6c(-c7ccccc7)cc(C(C)(C)C)cc6-c6ccccc6)c6ccccc65)c4)cc32)c1. The molecular formula is C59H54N4OPt. The van der Waals surface area contributed by atoms with E-state index in [1.165, 1.54) is 50.1 Å². The summed E-state index contributed by atoms with van der Waals surface area (Å²) in [5.74, 6) is 2.53. The number of imidazole rings is 1. The Labute approximate surface area is 394 Å². The minimum absolute atomic E-state index is 0.00883. The van der Waals surface area contributed by atoms with E-state index in [0.29, 0.717) is 0 Å². The molecule has 0 fully saturated rings. The average Bonchev–Trinajstić information content (AvgIpc) is 3.62. The van der Waals surface area contributed by atoms with Crippen LogP contribution in [0.1, 0.15) is 64.7 Å². The van der Waals surface area contributed by atoms with Gasteiger partial charge in [-0.05, 0) is 17.0 Å². The Kier molecular flexibility index (Phi) is 11.2. The number of para-hydroxylation sites is 2. The quantitative estimate of drug-likeness (QED) is 0.152. The first-order valence-electron chi connectivity index (χ1n) is 22.6. The van der Waals surface area contributed by atoms with E-state index in [0.717, 1.165) is 68.6 Å². The molecule has 0 spiro atoms. The summed E-state index contributed by atoms with van der Waals surface area (Å²) in [5.41, 5.74) is 16.5. The summed E-state index contributed by atoms with van der Waals surface area (Å²) < 4.78 is 12.9. The van der Waals surface area contributed by atoms with Gasteiger partial charge < -0.3 is 0 Å². The first-order valence-corrected chi connectivity index (χ1v) is 23.8. The summed E-state index contributed by atoms with van der Waals surface area (Å²) in [7, 11) is 0. The van der Waals surface area contributed by atoms with Gasteiger partial charge >= 0.3 is 346 Å². The standard InChI is InChI=1S/C59H54N4O.Pt/c1-58(2,3)44-31-32-60-56(36-44)61-33-19-28-49-50(41-20-10-7-11-21-41)38-48(39-55(49)61)64-47-27-18-26-46(37-47)62-40-63(54-30-17-16-29-53(54)62)57-51(42-22-12-8-13-23-42)34-45(59(4,5)6)35-52(57)43-24-14-9-15-25-43;/h7-18,20-27,29-32,34-39H,19,28,33H2,1-6H3;. The van der Waals surface area contributed by atoms with Crippen LogP contribution in [0.25, 0.3) is 55.8 Å². The maximum atomic E-state index is 7.00. The third-order valence-corrected chi connectivity index (χ3v) is 13.7. The van der Waals surface area contributed by atoms with Crippen LogP contribution < -0.4 is 9.64 Å². The number of hydrogen-bond acceptors (Lipinski definition) is 3. The van der Waals surface area contributed by atoms with Crippen molar-refractivity contribution in [3.05, 3.63) is 203 Å². The van der Waals surface area contributed by atoms with E-state index in [4.69, 9.17) is 9.72 Å². The van der Waals surface area contributed by atoms with Crippen LogP contribution in [0.4, 0.5) is 11.5 Å². The third kappa shape index (κ3) is 8.24. The molecule has 0 radical (unpaired) electrons. The number of hydrogen-bond donors (Lipinski definition) is 0. The predicted octanol–water partition coefficient (Wildman–Crippen LogP) is 15.4. The number of nitrogens with zero attached hydrogens (tertiary/aromatic N) is 4. The van der Waals surface area contributed by atoms with Gasteiger partial charge in [0.25, 0.3) is 0 Å². The fourth-order valence-corrected chi connectivity index (χ4v) is 10.3. The molecule has 0 amide bonds. The van der Waals surface area contributed by atoms with E-state index in [1.54, 1.807) is 0 Å². The summed E-state index contributed by atoms with van der Waals surface area (Å²) in [5, 5.41) is 0. The van der Waals surface area contributed by atoms with Gasteiger partial charge in [-0.3, -0.25) is 0 Å². The van der Waals surface area contributed by atoms with Crippen molar-refractivity contribution >= 4 is 22.5 Å². The van der Waals surface area contributed by atoms with E-state index in [1.807, 2.05) is 6.20 Å². The van der Waals surface area contributed by atoms with E-state index < -0.39 is 0 Å². The molecule has 0 N–H and O–H groups in total. The Morgan fingerprint density at radius 3 is 1.69 bits per heavy atom. The molecule has 0 unspecified atom stereocenters. The normalized spacial score (nSPS) is 13.0. The van der Waals surface area contributed by atoms with Crippen molar-refractivity contribution in [1.82, 2.24) is 14.1 Å². The molecule has 0 bridgehead atoms. The molecule has 1 aliphatic heterocycles. The summed E-state index contributed by atoms with van der Waals surface area (Å²) in [6.07, 6.45) is 3.98. The van der Waals surface area contributed by atoms with Crippen molar-refractivity contribution in [2.75, 3.05) is 11.4 Å².